The summed E-state index contributed by atoms with van der Waals surface area (Å²) in [6.07, 6.45) is 0.0468. The van der Waals surface area contributed by atoms with Crippen molar-refractivity contribution in [2.75, 3.05) is 6.54 Å². The Morgan fingerprint density at radius 3 is 2.30 bits per heavy atom. The van der Waals surface area contributed by atoms with Gasteiger partial charge in [-0.15, -0.1) is 0 Å². The third-order valence-corrected chi connectivity index (χ3v) is 3.73. The molecule has 0 aromatic heterocycles. The molecule has 4 nitrogen and oxygen atoms in total. The van der Waals surface area contributed by atoms with Gasteiger partial charge in [0.1, 0.15) is 0 Å². The van der Waals surface area contributed by atoms with Crippen LogP contribution in [0.2, 0.25) is 10.0 Å². The second kappa shape index (κ2) is 7.99. The van der Waals surface area contributed by atoms with Crippen molar-refractivity contribution in [2.45, 2.75) is 12.8 Å². The molecule has 6 heteroatoms. The SMILES string of the molecule is O=C(O)CCNC(=O)Cc1ccc(Cl)cc1-c1ccc(Cl)cc1. The highest BCUT2D eigenvalue weighted by atomic mass is 35.5. The minimum Gasteiger partial charge on any atom is -0.481 e. The molecule has 0 aliphatic carbocycles. The number of aliphatic carboxylic acids is 1. The van der Waals surface area contributed by atoms with Gasteiger partial charge in [-0.2, -0.15) is 0 Å². The molecule has 120 valence electrons. The van der Waals surface area contributed by atoms with Gasteiger partial charge in [-0.3, -0.25) is 9.59 Å². The highest BCUT2D eigenvalue weighted by molar-refractivity contribution is 6.31. The topological polar surface area (TPSA) is 66.4 Å². The van der Waals surface area contributed by atoms with E-state index in [-0.39, 0.29) is 25.3 Å². The van der Waals surface area contributed by atoms with E-state index in [1.54, 1.807) is 30.3 Å². The van der Waals surface area contributed by atoms with Crippen molar-refractivity contribution in [2.24, 2.45) is 0 Å². The molecule has 23 heavy (non-hydrogen) atoms. The molecule has 2 aromatic rings. The van der Waals surface area contributed by atoms with Crippen molar-refractivity contribution in [3.63, 3.8) is 0 Å². The van der Waals surface area contributed by atoms with E-state index in [1.165, 1.54) is 0 Å². The first-order valence-electron chi connectivity index (χ1n) is 6.98. The highest BCUT2D eigenvalue weighted by Gasteiger charge is 2.11. The summed E-state index contributed by atoms with van der Waals surface area (Å²) in [6.45, 7) is 0.109. The van der Waals surface area contributed by atoms with E-state index in [9.17, 15) is 9.59 Å². The van der Waals surface area contributed by atoms with E-state index in [4.69, 9.17) is 28.3 Å². The fraction of sp³-hybridized carbons (Fsp3) is 0.176. The fourth-order valence-electron chi connectivity index (χ4n) is 2.15. The van der Waals surface area contributed by atoms with E-state index in [1.807, 2.05) is 12.1 Å². The first kappa shape index (κ1) is 17.3. The van der Waals surface area contributed by atoms with Crippen LogP contribution >= 0.6 is 23.2 Å². The Balaban J connectivity index is 2.17. The Morgan fingerprint density at radius 2 is 1.65 bits per heavy atom. The molecule has 0 atom stereocenters. The summed E-state index contributed by atoms with van der Waals surface area (Å²) < 4.78 is 0. The van der Waals surface area contributed by atoms with Gasteiger partial charge in [0.05, 0.1) is 12.8 Å². The van der Waals surface area contributed by atoms with Gasteiger partial charge in [0.15, 0.2) is 0 Å². The summed E-state index contributed by atoms with van der Waals surface area (Å²) in [5.41, 5.74) is 2.57. The maximum Gasteiger partial charge on any atom is 0.305 e. The normalized spacial score (nSPS) is 10.3. The third-order valence-electron chi connectivity index (χ3n) is 3.24. The number of benzene rings is 2. The van der Waals surface area contributed by atoms with Gasteiger partial charge in [-0.1, -0.05) is 41.4 Å². The second-order valence-electron chi connectivity index (χ2n) is 4.98. The largest absolute Gasteiger partial charge is 0.481 e. The van der Waals surface area contributed by atoms with Crippen molar-refractivity contribution in [1.82, 2.24) is 5.32 Å². The van der Waals surface area contributed by atoms with Crippen molar-refractivity contribution in [3.05, 3.63) is 58.1 Å². The molecule has 2 aromatic carbocycles. The number of carbonyl (C=O) groups is 2. The second-order valence-corrected chi connectivity index (χ2v) is 5.85. The highest BCUT2D eigenvalue weighted by Crippen LogP contribution is 2.28. The lowest BCUT2D eigenvalue weighted by Gasteiger charge is -2.11. The van der Waals surface area contributed by atoms with E-state index in [2.05, 4.69) is 5.32 Å². The van der Waals surface area contributed by atoms with Gasteiger partial charge in [-0.05, 0) is 41.0 Å². The molecule has 0 aliphatic rings. The molecular weight excluding hydrogens is 337 g/mol. The van der Waals surface area contributed by atoms with Gasteiger partial charge < -0.3 is 10.4 Å². The van der Waals surface area contributed by atoms with E-state index in [0.29, 0.717) is 10.0 Å². The van der Waals surface area contributed by atoms with Crippen LogP contribution in [-0.4, -0.2) is 23.5 Å². The summed E-state index contributed by atoms with van der Waals surface area (Å²) in [5, 5.41) is 12.4. The first-order valence-corrected chi connectivity index (χ1v) is 7.74. The number of carboxylic acids is 1. The predicted molar refractivity (Wildman–Crippen MR) is 90.9 cm³/mol. The third kappa shape index (κ3) is 5.27. The lowest BCUT2D eigenvalue weighted by atomic mass is 9.97. The minimum atomic E-state index is -0.946. The lowest BCUT2D eigenvalue weighted by molar-refractivity contribution is -0.136. The number of amides is 1. The smallest absolute Gasteiger partial charge is 0.305 e. The molecule has 0 aliphatic heterocycles. The van der Waals surface area contributed by atoms with Crippen LogP contribution in [0, 0.1) is 0 Å². The Hall–Kier alpha value is -2.04. The summed E-state index contributed by atoms with van der Waals surface area (Å²) in [6, 6.07) is 12.6. The predicted octanol–water partition coefficient (Wildman–Crippen LogP) is 3.79. The zero-order valence-electron chi connectivity index (χ0n) is 12.2. The summed E-state index contributed by atoms with van der Waals surface area (Å²) >= 11 is 12.0. The van der Waals surface area contributed by atoms with Crippen molar-refractivity contribution in [1.29, 1.82) is 0 Å². The summed E-state index contributed by atoms with van der Waals surface area (Å²) in [5.74, 6) is -1.18. The number of carboxylic acid groups (broad SMARTS) is 1. The number of carbonyl (C=O) groups excluding carboxylic acids is 1. The molecule has 2 N–H and O–H groups in total. The Kier molecular flexibility index (Phi) is 6.02. The molecule has 0 heterocycles. The van der Waals surface area contributed by atoms with Crippen molar-refractivity contribution < 1.29 is 14.7 Å². The van der Waals surface area contributed by atoms with Crippen LogP contribution < -0.4 is 5.32 Å². The van der Waals surface area contributed by atoms with Crippen LogP contribution in [0.15, 0.2) is 42.5 Å². The maximum absolute atomic E-state index is 12.0. The number of hydrogen-bond donors (Lipinski definition) is 2. The van der Waals surface area contributed by atoms with Crippen molar-refractivity contribution >= 4 is 35.1 Å². The molecule has 0 unspecified atom stereocenters. The maximum atomic E-state index is 12.0. The van der Waals surface area contributed by atoms with Crippen LogP contribution in [-0.2, 0) is 16.0 Å². The summed E-state index contributed by atoms with van der Waals surface area (Å²) in [4.78, 5) is 22.4. The van der Waals surface area contributed by atoms with Crippen LogP contribution in [0.3, 0.4) is 0 Å². The molecule has 0 spiro atoms. The van der Waals surface area contributed by atoms with Crippen LogP contribution in [0.25, 0.3) is 11.1 Å². The summed E-state index contributed by atoms with van der Waals surface area (Å²) in [7, 11) is 0. The van der Waals surface area contributed by atoms with Crippen LogP contribution in [0.1, 0.15) is 12.0 Å². The van der Waals surface area contributed by atoms with Crippen molar-refractivity contribution in [3.8, 4) is 11.1 Å². The number of rotatable bonds is 6. The monoisotopic (exact) mass is 351 g/mol. The minimum absolute atomic E-state index is 0.101. The molecule has 0 bridgehead atoms. The van der Waals surface area contributed by atoms with Gasteiger partial charge in [0.25, 0.3) is 0 Å². The number of nitrogens with one attached hydrogen (secondary N) is 1. The average Bonchev–Trinajstić information content (AvgIpc) is 2.49. The zero-order valence-corrected chi connectivity index (χ0v) is 13.7. The van der Waals surface area contributed by atoms with Gasteiger partial charge in [0, 0.05) is 16.6 Å². The Labute approximate surface area is 144 Å². The average molecular weight is 352 g/mol. The van der Waals surface area contributed by atoms with Crippen LogP contribution in [0.5, 0.6) is 0 Å². The van der Waals surface area contributed by atoms with Gasteiger partial charge >= 0.3 is 5.97 Å². The Bertz CT molecular complexity index is 714. The first-order chi connectivity index (χ1) is 11.0. The van der Waals surface area contributed by atoms with E-state index in [0.717, 1.165) is 16.7 Å². The number of hydrogen-bond acceptors (Lipinski definition) is 2. The van der Waals surface area contributed by atoms with Gasteiger partial charge in [-0.25, -0.2) is 0 Å². The molecule has 0 saturated heterocycles. The standard InChI is InChI=1S/C17H15Cl2NO3/c18-13-4-1-11(2-5-13)15-10-14(19)6-3-12(15)9-16(21)20-8-7-17(22)23/h1-6,10H,7-9H2,(H,20,21)(H,22,23). The Morgan fingerprint density at radius 1 is 1.00 bits per heavy atom. The lowest BCUT2D eigenvalue weighted by Crippen LogP contribution is -2.27. The molecule has 2 rings (SSSR count). The number of halogens is 2. The molecule has 0 fully saturated rings. The molecule has 1 amide bonds. The quantitative estimate of drug-likeness (QED) is 0.831. The molecule has 0 radical (unpaired) electrons. The van der Waals surface area contributed by atoms with E-state index < -0.39 is 5.97 Å². The van der Waals surface area contributed by atoms with Gasteiger partial charge in [0.2, 0.25) is 5.91 Å². The fourth-order valence-corrected chi connectivity index (χ4v) is 2.44. The van der Waals surface area contributed by atoms with Crippen LogP contribution in [0.4, 0.5) is 0 Å². The zero-order chi connectivity index (χ0) is 16.8. The molecular formula is C17H15Cl2NO3. The molecule has 0 saturated carbocycles. The van der Waals surface area contributed by atoms with E-state index >= 15 is 0 Å².